The van der Waals surface area contributed by atoms with Crippen LogP contribution in [0.15, 0.2) is 12.1 Å². The average molecular weight is 267 g/mol. The fourth-order valence-corrected chi connectivity index (χ4v) is 2.82. The topological polar surface area (TPSA) is 55.4 Å². The fraction of sp³-hybridized carbons (Fsp3) is 0.538. The Morgan fingerprint density at radius 1 is 1.44 bits per heavy atom. The maximum Gasteiger partial charge on any atom is 0.261 e. The molecule has 1 amide bonds. The zero-order valence-electron chi connectivity index (χ0n) is 10.6. The minimum atomic E-state index is -0.129. The second kappa shape index (κ2) is 5.63. The molecule has 2 rings (SSSR count). The number of carbonyl (C=O) groups excluding carboxylic acids is 2. The predicted molar refractivity (Wildman–Crippen MR) is 70.2 cm³/mol. The molecular formula is C13H17NO3S. The van der Waals surface area contributed by atoms with Gasteiger partial charge in [0.2, 0.25) is 0 Å². The maximum atomic E-state index is 12.0. The molecule has 1 aromatic rings. The Labute approximate surface area is 110 Å². The van der Waals surface area contributed by atoms with Crippen LogP contribution >= 0.6 is 11.3 Å². The second-order valence-electron chi connectivity index (χ2n) is 4.53. The van der Waals surface area contributed by atoms with Crippen LogP contribution < -0.4 is 5.32 Å². The molecule has 1 aromatic heterocycles. The van der Waals surface area contributed by atoms with Crippen LogP contribution in [0.3, 0.4) is 0 Å². The number of amides is 1. The molecule has 0 bridgehead atoms. The van der Waals surface area contributed by atoms with Crippen LogP contribution in [0.1, 0.15) is 46.0 Å². The molecule has 4 nitrogen and oxygen atoms in total. The number of rotatable bonds is 4. The van der Waals surface area contributed by atoms with Crippen LogP contribution in [0.25, 0.3) is 0 Å². The Hall–Kier alpha value is -1.20. The van der Waals surface area contributed by atoms with E-state index >= 15 is 0 Å². The summed E-state index contributed by atoms with van der Waals surface area (Å²) >= 11 is 1.23. The van der Waals surface area contributed by atoms with Crippen LogP contribution in [0.5, 0.6) is 0 Å². The van der Waals surface area contributed by atoms with Gasteiger partial charge in [-0.05, 0) is 38.8 Å². The molecular weight excluding hydrogens is 250 g/mol. The smallest absolute Gasteiger partial charge is 0.261 e. The monoisotopic (exact) mass is 267 g/mol. The van der Waals surface area contributed by atoms with Crippen molar-refractivity contribution in [1.29, 1.82) is 0 Å². The molecule has 1 N–H and O–H groups in total. The summed E-state index contributed by atoms with van der Waals surface area (Å²) in [7, 11) is 0. The number of hydrogen-bond donors (Lipinski definition) is 1. The third kappa shape index (κ3) is 2.97. The van der Waals surface area contributed by atoms with E-state index in [4.69, 9.17) is 4.74 Å². The van der Waals surface area contributed by atoms with Gasteiger partial charge in [0.25, 0.3) is 5.91 Å². The van der Waals surface area contributed by atoms with Crippen molar-refractivity contribution in [2.45, 2.75) is 38.8 Å². The first-order chi connectivity index (χ1) is 8.58. The first-order valence-electron chi connectivity index (χ1n) is 6.11. The van der Waals surface area contributed by atoms with Gasteiger partial charge in [-0.1, -0.05) is 0 Å². The van der Waals surface area contributed by atoms with E-state index in [9.17, 15) is 9.59 Å². The normalized spacial score (nSPS) is 20.7. The summed E-state index contributed by atoms with van der Waals surface area (Å²) in [5.74, 6) is -0.137. The Kier molecular flexibility index (Phi) is 4.14. The third-order valence-corrected chi connectivity index (χ3v) is 4.24. The van der Waals surface area contributed by atoms with Crippen LogP contribution in [0.4, 0.5) is 0 Å². The molecule has 0 unspecified atom stereocenters. The number of carbonyl (C=O) groups is 2. The van der Waals surface area contributed by atoms with Crippen molar-refractivity contribution in [3.8, 4) is 0 Å². The van der Waals surface area contributed by atoms with Crippen LogP contribution in [0.2, 0.25) is 0 Å². The van der Waals surface area contributed by atoms with Gasteiger partial charge in [0, 0.05) is 6.61 Å². The van der Waals surface area contributed by atoms with Crippen LogP contribution in [-0.2, 0) is 4.74 Å². The standard InChI is InChI=1S/C13H17NO3S/c1-8(10-4-3-7-17-10)14-13(16)12-6-5-11(18-12)9(2)15/h5-6,8,10H,3-4,7H2,1-2H3,(H,14,16)/t8-,10-/m0/s1. The van der Waals surface area contributed by atoms with Crippen molar-refractivity contribution < 1.29 is 14.3 Å². The number of thiophene rings is 1. The van der Waals surface area contributed by atoms with Gasteiger partial charge in [-0.3, -0.25) is 9.59 Å². The summed E-state index contributed by atoms with van der Waals surface area (Å²) < 4.78 is 5.53. The van der Waals surface area contributed by atoms with Gasteiger partial charge in [0.1, 0.15) is 0 Å². The summed E-state index contributed by atoms with van der Waals surface area (Å²) in [6.45, 7) is 4.23. The summed E-state index contributed by atoms with van der Waals surface area (Å²) in [6.07, 6.45) is 2.16. The molecule has 0 spiro atoms. The summed E-state index contributed by atoms with van der Waals surface area (Å²) in [5.41, 5.74) is 0. The molecule has 0 saturated carbocycles. The van der Waals surface area contributed by atoms with Crippen molar-refractivity contribution in [1.82, 2.24) is 5.32 Å². The minimum absolute atomic E-state index is 0.00266. The minimum Gasteiger partial charge on any atom is -0.376 e. The third-order valence-electron chi connectivity index (χ3n) is 3.06. The Morgan fingerprint density at radius 3 is 2.72 bits per heavy atom. The number of ether oxygens (including phenoxy) is 1. The summed E-state index contributed by atoms with van der Waals surface area (Å²) in [4.78, 5) is 24.3. The van der Waals surface area contributed by atoms with Crippen LogP contribution in [-0.4, -0.2) is 30.4 Å². The molecule has 1 saturated heterocycles. The highest BCUT2D eigenvalue weighted by molar-refractivity contribution is 7.15. The van der Waals surface area contributed by atoms with Crippen molar-refractivity contribution >= 4 is 23.0 Å². The van der Waals surface area contributed by atoms with Crippen molar-refractivity contribution in [2.75, 3.05) is 6.61 Å². The van der Waals surface area contributed by atoms with Gasteiger partial charge in [0.05, 0.1) is 21.9 Å². The van der Waals surface area contributed by atoms with Gasteiger partial charge in [-0.25, -0.2) is 0 Å². The van der Waals surface area contributed by atoms with E-state index in [2.05, 4.69) is 5.32 Å². The highest BCUT2D eigenvalue weighted by Crippen LogP contribution is 2.19. The lowest BCUT2D eigenvalue weighted by Gasteiger charge is -2.19. The van der Waals surface area contributed by atoms with Crippen molar-refractivity contribution in [3.63, 3.8) is 0 Å². The Balaban J connectivity index is 1.95. The number of hydrogen-bond acceptors (Lipinski definition) is 4. The highest BCUT2D eigenvalue weighted by Gasteiger charge is 2.24. The number of Topliss-reactive ketones (excluding diaryl/α,β-unsaturated/α-hetero) is 1. The van der Waals surface area contributed by atoms with E-state index in [0.29, 0.717) is 9.75 Å². The highest BCUT2D eigenvalue weighted by atomic mass is 32.1. The lowest BCUT2D eigenvalue weighted by Crippen LogP contribution is -2.40. The number of ketones is 1. The van der Waals surface area contributed by atoms with Crippen molar-refractivity contribution in [3.05, 3.63) is 21.9 Å². The molecule has 1 aliphatic rings. The van der Waals surface area contributed by atoms with E-state index in [1.54, 1.807) is 12.1 Å². The average Bonchev–Trinajstić information content (AvgIpc) is 3.00. The van der Waals surface area contributed by atoms with Gasteiger partial charge < -0.3 is 10.1 Å². The second-order valence-corrected chi connectivity index (χ2v) is 5.62. The molecule has 18 heavy (non-hydrogen) atoms. The van der Waals surface area contributed by atoms with Crippen LogP contribution in [0, 0.1) is 0 Å². The Bertz CT molecular complexity index is 449. The van der Waals surface area contributed by atoms with Crippen molar-refractivity contribution in [2.24, 2.45) is 0 Å². The molecule has 98 valence electrons. The summed E-state index contributed by atoms with van der Waals surface area (Å²) in [6, 6.07) is 3.39. The molecule has 0 aliphatic carbocycles. The molecule has 0 aromatic carbocycles. The quantitative estimate of drug-likeness (QED) is 0.851. The SMILES string of the molecule is CC(=O)c1ccc(C(=O)N[C@@H](C)[C@@H]2CCCO2)s1. The zero-order chi connectivity index (χ0) is 13.1. The zero-order valence-corrected chi connectivity index (χ0v) is 11.4. The van der Waals surface area contributed by atoms with E-state index in [-0.39, 0.29) is 23.8 Å². The van der Waals surface area contributed by atoms with E-state index in [1.807, 2.05) is 6.92 Å². The van der Waals surface area contributed by atoms with Gasteiger partial charge in [-0.2, -0.15) is 0 Å². The molecule has 2 atom stereocenters. The van der Waals surface area contributed by atoms with Gasteiger partial charge in [-0.15, -0.1) is 11.3 Å². The van der Waals surface area contributed by atoms with Gasteiger partial charge >= 0.3 is 0 Å². The lowest BCUT2D eigenvalue weighted by atomic mass is 10.1. The van der Waals surface area contributed by atoms with E-state index < -0.39 is 0 Å². The van der Waals surface area contributed by atoms with E-state index in [1.165, 1.54) is 18.3 Å². The molecule has 1 aliphatic heterocycles. The Morgan fingerprint density at radius 2 is 2.17 bits per heavy atom. The molecule has 2 heterocycles. The molecule has 0 radical (unpaired) electrons. The maximum absolute atomic E-state index is 12.0. The summed E-state index contributed by atoms with van der Waals surface area (Å²) in [5, 5.41) is 2.93. The lowest BCUT2D eigenvalue weighted by molar-refractivity contribution is 0.0714. The predicted octanol–water partition coefficient (Wildman–Crippen LogP) is 2.25. The largest absolute Gasteiger partial charge is 0.376 e. The van der Waals surface area contributed by atoms with Gasteiger partial charge in [0.15, 0.2) is 5.78 Å². The number of nitrogens with one attached hydrogen (secondary N) is 1. The molecule has 5 heteroatoms. The molecule has 1 fully saturated rings. The fourth-order valence-electron chi connectivity index (χ4n) is 2.02. The van der Waals surface area contributed by atoms with E-state index in [0.717, 1.165) is 19.4 Å². The first kappa shape index (κ1) is 13.2. The first-order valence-corrected chi connectivity index (χ1v) is 6.93.